The Morgan fingerprint density at radius 2 is 1.56 bits per heavy atom. The zero-order chi connectivity index (χ0) is 26.3. The minimum Gasteiger partial charge on any atom is -0.338 e. The number of urea groups is 2. The molecule has 0 saturated carbocycles. The Morgan fingerprint density at radius 3 is 2.22 bits per heavy atom. The molecule has 0 aromatic heterocycles. The van der Waals surface area contributed by atoms with Crippen LogP contribution in [0.2, 0.25) is 10.0 Å². The van der Waals surface area contributed by atoms with Gasteiger partial charge in [0, 0.05) is 30.2 Å². The number of nitrogens with zero attached hydrogens (tertiary/aromatic N) is 1. The summed E-state index contributed by atoms with van der Waals surface area (Å²) in [6, 6.07) is 12.8. The molecule has 36 heavy (non-hydrogen) atoms. The molecule has 0 aliphatic rings. The fourth-order valence-corrected chi connectivity index (χ4v) is 3.42. The van der Waals surface area contributed by atoms with Gasteiger partial charge in [-0.05, 0) is 67.1 Å². The van der Waals surface area contributed by atoms with Gasteiger partial charge in [0.2, 0.25) is 0 Å². The van der Waals surface area contributed by atoms with Crippen LogP contribution in [0.15, 0.2) is 66.7 Å². The quantitative estimate of drug-likeness (QED) is 0.215. The van der Waals surface area contributed by atoms with Crippen molar-refractivity contribution in [3.63, 3.8) is 0 Å². The molecule has 3 aromatic rings. The van der Waals surface area contributed by atoms with E-state index in [9.17, 15) is 27.2 Å². The highest BCUT2D eigenvalue weighted by Gasteiger charge is 2.30. The molecule has 0 saturated heterocycles. The molecule has 4 amide bonds. The largest absolute Gasteiger partial charge is 0.416 e. The number of carbonyl (C=O) groups excluding carboxylic acids is 2. The lowest BCUT2D eigenvalue weighted by Crippen LogP contribution is -2.38. The van der Waals surface area contributed by atoms with E-state index in [-0.39, 0.29) is 30.2 Å². The van der Waals surface area contributed by atoms with Crippen LogP contribution >= 0.6 is 23.2 Å². The van der Waals surface area contributed by atoms with E-state index in [1.54, 1.807) is 6.07 Å². The first kappa shape index (κ1) is 27.1. The Hall–Kier alpha value is -3.50. The van der Waals surface area contributed by atoms with Crippen molar-refractivity contribution in [3.8, 4) is 0 Å². The van der Waals surface area contributed by atoms with Gasteiger partial charge < -0.3 is 16.0 Å². The van der Waals surface area contributed by atoms with Crippen molar-refractivity contribution in [2.75, 3.05) is 28.6 Å². The highest BCUT2D eigenvalue weighted by atomic mass is 35.5. The summed E-state index contributed by atoms with van der Waals surface area (Å²) in [5.41, 5.74) is -0.109. The molecule has 6 nitrogen and oxygen atoms in total. The van der Waals surface area contributed by atoms with Crippen molar-refractivity contribution in [1.82, 2.24) is 5.32 Å². The second kappa shape index (κ2) is 12.0. The summed E-state index contributed by atoms with van der Waals surface area (Å²) in [4.78, 5) is 26.4. The minimum absolute atomic E-state index is 0.0173. The third kappa shape index (κ3) is 7.76. The van der Waals surface area contributed by atoms with Gasteiger partial charge >= 0.3 is 18.2 Å². The van der Waals surface area contributed by atoms with Crippen LogP contribution in [0.25, 0.3) is 0 Å². The standard InChI is InChI=1S/C24H20Cl2F4N4O2/c25-20-10-7-18(14-21(20)26)33-23(36)34(19-8-5-16(27)6-9-19)12-2-11-31-22(35)32-17-4-1-3-15(13-17)24(28,29)30/h1,3-10,13-14H,2,11-12H2,(H,33,36)(H2,31,32,35). The van der Waals surface area contributed by atoms with Crippen LogP contribution in [-0.2, 0) is 6.18 Å². The topological polar surface area (TPSA) is 73.5 Å². The van der Waals surface area contributed by atoms with E-state index in [2.05, 4.69) is 16.0 Å². The Balaban J connectivity index is 1.59. The van der Waals surface area contributed by atoms with E-state index < -0.39 is 29.6 Å². The minimum atomic E-state index is -4.53. The SMILES string of the molecule is O=C(NCCCN(C(=O)Nc1ccc(Cl)c(Cl)c1)c1ccc(F)cc1)Nc1cccc(C(F)(F)F)c1. The fraction of sp³-hybridized carbons (Fsp3) is 0.167. The summed E-state index contributed by atoms with van der Waals surface area (Å²) in [5.74, 6) is -0.475. The zero-order valence-electron chi connectivity index (χ0n) is 18.5. The molecule has 0 atom stereocenters. The number of carbonyl (C=O) groups is 2. The lowest BCUT2D eigenvalue weighted by atomic mass is 10.2. The number of hydrogen-bond acceptors (Lipinski definition) is 2. The Kier molecular flexibility index (Phi) is 9.00. The average Bonchev–Trinajstić information content (AvgIpc) is 2.82. The maximum Gasteiger partial charge on any atom is 0.416 e. The summed E-state index contributed by atoms with van der Waals surface area (Å²) >= 11 is 11.9. The molecule has 0 fully saturated rings. The van der Waals surface area contributed by atoms with E-state index in [0.717, 1.165) is 12.1 Å². The highest BCUT2D eigenvalue weighted by Crippen LogP contribution is 2.30. The lowest BCUT2D eigenvalue weighted by Gasteiger charge is -2.23. The molecular weight excluding hydrogens is 523 g/mol. The van der Waals surface area contributed by atoms with E-state index >= 15 is 0 Å². The van der Waals surface area contributed by atoms with Crippen LogP contribution in [0, 0.1) is 5.82 Å². The molecule has 190 valence electrons. The molecule has 3 N–H and O–H groups in total. The van der Waals surface area contributed by atoms with Crippen LogP contribution in [0.5, 0.6) is 0 Å². The van der Waals surface area contributed by atoms with Crippen molar-refractivity contribution < 1.29 is 27.2 Å². The monoisotopic (exact) mass is 542 g/mol. The number of nitrogens with one attached hydrogen (secondary N) is 3. The molecule has 3 aromatic carbocycles. The van der Waals surface area contributed by atoms with Crippen molar-refractivity contribution in [3.05, 3.63) is 88.2 Å². The highest BCUT2D eigenvalue weighted by molar-refractivity contribution is 6.42. The van der Waals surface area contributed by atoms with Gasteiger partial charge in [0.1, 0.15) is 5.82 Å². The van der Waals surface area contributed by atoms with Gasteiger partial charge in [0.05, 0.1) is 15.6 Å². The first-order valence-electron chi connectivity index (χ1n) is 10.5. The Labute approximate surface area is 214 Å². The first-order valence-corrected chi connectivity index (χ1v) is 11.3. The molecule has 0 unspecified atom stereocenters. The van der Waals surface area contributed by atoms with Crippen molar-refractivity contribution in [2.45, 2.75) is 12.6 Å². The molecule has 0 radical (unpaired) electrons. The molecule has 12 heteroatoms. The molecular formula is C24H20Cl2F4N4O2. The Bertz CT molecular complexity index is 1220. The van der Waals surface area contributed by atoms with Crippen LogP contribution in [0.3, 0.4) is 0 Å². The summed E-state index contributed by atoms with van der Waals surface area (Å²) in [5, 5.41) is 8.11. The number of benzene rings is 3. The van der Waals surface area contributed by atoms with Crippen LogP contribution < -0.4 is 20.9 Å². The van der Waals surface area contributed by atoms with Gasteiger partial charge in [-0.25, -0.2) is 14.0 Å². The predicted molar refractivity (Wildman–Crippen MR) is 132 cm³/mol. The number of anilines is 3. The number of alkyl halides is 3. The number of amides is 4. The first-order chi connectivity index (χ1) is 17.0. The second-order valence-electron chi connectivity index (χ2n) is 7.50. The second-order valence-corrected chi connectivity index (χ2v) is 8.31. The van der Waals surface area contributed by atoms with E-state index in [1.165, 1.54) is 53.4 Å². The smallest absolute Gasteiger partial charge is 0.338 e. The maximum atomic E-state index is 13.4. The van der Waals surface area contributed by atoms with Crippen LogP contribution in [-0.4, -0.2) is 25.2 Å². The summed E-state index contributed by atoms with van der Waals surface area (Å²) in [6.07, 6.45) is -4.25. The average molecular weight is 543 g/mol. The molecule has 0 aliphatic carbocycles. The molecule has 3 rings (SSSR count). The maximum absolute atomic E-state index is 13.4. The normalized spacial score (nSPS) is 11.1. The third-order valence-electron chi connectivity index (χ3n) is 4.85. The van der Waals surface area contributed by atoms with E-state index in [4.69, 9.17) is 23.2 Å². The molecule has 0 aliphatic heterocycles. The summed E-state index contributed by atoms with van der Waals surface area (Å²) < 4.78 is 51.9. The summed E-state index contributed by atoms with van der Waals surface area (Å²) in [7, 11) is 0. The van der Waals surface area contributed by atoms with Gasteiger partial charge in [-0.1, -0.05) is 29.3 Å². The van der Waals surface area contributed by atoms with Gasteiger partial charge in [-0.2, -0.15) is 13.2 Å². The third-order valence-corrected chi connectivity index (χ3v) is 5.59. The number of hydrogen-bond donors (Lipinski definition) is 3. The van der Waals surface area contributed by atoms with Crippen LogP contribution in [0.1, 0.15) is 12.0 Å². The van der Waals surface area contributed by atoms with Gasteiger partial charge in [0.15, 0.2) is 0 Å². The van der Waals surface area contributed by atoms with E-state index in [1.807, 2.05) is 0 Å². The fourth-order valence-electron chi connectivity index (χ4n) is 3.12. The van der Waals surface area contributed by atoms with Crippen LogP contribution in [0.4, 0.5) is 44.2 Å². The zero-order valence-corrected chi connectivity index (χ0v) is 20.0. The van der Waals surface area contributed by atoms with Gasteiger partial charge in [-0.3, -0.25) is 4.90 Å². The van der Waals surface area contributed by atoms with Gasteiger partial charge in [0.25, 0.3) is 0 Å². The molecule has 0 heterocycles. The summed E-state index contributed by atoms with van der Waals surface area (Å²) in [6.45, 7) is 0.227. The molecule has 0 spiro atoms. The lowest BCUT2D eigenvalue weighted by molar-refractivity contribution is -0.137. The van der Waals surface area contributed by atoms with Crippen molar-refractivity contribution in [1.29, 1.82) is 0 Å². The number of rotatable bonds is 7. The number of halogens is 6. The molecule has 0 bridgehead atoms. The predicted octanol–water partition coefficient (Wildman–Crippen LogP) is 7.40. The Morgan fingerprint density at radius 1 is 0.861 bits per heavy atom. The van der Waals surface area contributed by atoms with Crippen molar-refractivity contribution in [2.24, 2.45) is 0 Å². The van der Waals surface area contributed by atoms with Gasteiger partial charge in [-0.15, -0.1) is 0 Å². The van der Waals surface area contributed by atoms with Crippen molar-refractivity contribution >= 4 is 52.3 Å². The van der Waals surface area contributed by atoms with E-state index in [0.29, 0.717) is 16.4 Å².